The van der Waals surface area contributed by atoms with Gasteiger partial charge in [-0.05, 0) is 56.7 Å². The maximum atomic E-state index is 9.81. The molecule has 3 rings (SSSR count). The lowest BCUT2D eigenvalue weighted by Crippen LogP contribution is -2.37. The number of hydrogen-bond donors (Lipinski definition) is 1. The molecule has 29 heavy (non-hydrogen) atoms. The largest absolute Gasteiger partial charge is 0.490 e. The van der Waals surface area contributed by atoms with Crippen LogP contribution in [-0.2, 0) is 11.2 Å². The van der Waals surface area contributed by atoms with Crippen LogP contribution in [0.1, 0.15) is 31.4 Å². The normalized spacial score (nSPS) is 18.4. The molecule has 6 nitrogen and oxygen atoms in total. The Labute approximate surface area is 178 Å². The summed E-state index contributed by atoms with van der Waals surface area (Å²) in [6, 6.07) is 6.51. The zero-order valence-electron chi connectivity index (χ0n) is 17.5. The Kier molecular flexibility index (Phi) is 8.53. The van der Waals surface area contributed by atoms with Gasteiger partial charge < -0.3 is 19.5 Å². The molecule has 158 valence electrons. The van der Waals surface area contributed by atoms with E-state index in [9.17, 15) is 5.26 Å². The van der Waals surface area contributed by atoms with Crippen molar-refractivity contribution in [1.82, 2.24) is 10.2 Å². The molecule has 0 amide bonds. The van der Waals surface area contributed by atoms with Crippen LogP contribution in [0, 0.1) is 11.3 Å². The fourth-order valence-electron chi connectivity index (χ4n) is 3.65. The van der Waals surface area contributed by atoms with E-state index in [0.29, 0.717) is 13.2 Å². The summed E-state index contributed by atoms with van der Waals surface area (Å²) in [4.78, 5) is 3.18. The van der Waals surface area contributed by atoms with Crippen LogP contribution in [0.2, 0.25) is 0 Å². The number of hydrogen-bond acceptors (Lipinski definition) is 7. The van der Waals surface area contributed by atoms with Crippen molar-refractivity contribution in [1.29, 1.82) is 5.26 Å². The van der Waals surface area contributed by atoms with E-state index in [2.05, 4.69) is 22.4 Å². The third-order valence-corrected chi connectivity index (χ3v) is 6.11. The summed E-state index contributed by atoms with van der Waals surface area (Å²) in [5.74, 6) is 2.45. The van der Waals surface area contributed by atoms with Gasteiger partial charge in [0.1, 0.15) is 11.0 Å². The summed E-state index contributed by atoms with van der Waals surface area (Å²) in [5, 5.41) is 13.3. The van der Waals surface area contributed by atoms with Crippen molar-refractivity contribution in [3.63, 3.8) is 0 Å². The van der Waals surface area contributed by atoms with E-state index >= 15 is 0 Å². The molecule has 0 radical (unpaired) electrons. The van der Waals surface area contributed by atoms with E-state index in [4.69, 9.17) is 14.2 Å². The number of fused-ring (bicyclic) bond motifs is 1. The Morgan fingerprint density at radius 1 is 1.21 bits per heavy atom. The van der Waals surface area contributed by atoms with Gasteiger partial charge in [0, 0.05) is 25.2 Å². The van der Waals surface area contributed by atoms with Crippen LogP contribution in [0.5, 0.6) is 11.5 Å². The smallest absolute Gasteiger partial charge is 0.161 e. The van der Waals surface area contributed by atoms with Crippen LogP contribution >= 0.6 is 11.8 Å². The van der Waals surface area contributed by atoms with Gasteiger partial charge >= 0.3 is 0 Å². The molecule has 0 saturated carbocycles. The van der Waals surface area contributed by atoms with Gasteiger partial charge in [-0.25, -0.2) is 0 Å². The van der Waals surface area contributed by atoms with E-state index in [0.717, 1.165) is 85.7 Å². The van der Waals surface area contributed by atoms with Gasteiger partial charge in [0.2, 0.25) is 0 Å². The van der Waals surface area contributed by atoms with E-state index in [1.54, 1.807) is 11.8 Å². The number of nitrogens with one attached hydrogen (secondary N) is 1. The number of allylic oxidation sites excluding steroid dienone is 1. The van der Waals surface area contributed by atoms with E-state index in [-0.39, 0.29) is 0 Å². The summed E-state index contributed by atoms with van der Waals surface area (Å²) < 4.78 is 17.0. The molecule has 1 aromatic carbocycles. The first-order chi connectivity index (χ1) is 14.3. The predicted molar refractivity (Wildman–Crippen MR) is 117 cm³/mol. The number of nitriles is 1. The first-order valence-electron chi connectivity index (χ1n) is 10.5. The number of nitrogens with zero attached hydrogens (tertiary/aromatic N) is 2. The SMILES string of the molecule is CCOc1cc2c(cc1OCC)/C(=C(\C#N)SCCCN1CCOCC1)NCC2. The molecule has 2 heterocycles. The van der Waals surface area contributed by atoms with Crippen LogP contribution in [0.25, 0.3) is 5.70 Å². The van der Waals surface area contributed by atoms with Gasteiger partial charge in [-0.1, -0.05) is 0 Å². The Bertz CT molecular complexity index is 754. The van der Waals surface area contributed by atoms with Crippen molar-refractivity contribution < 1.29 is 14.2 Å². The molecular formula is C22H31N3O3S. The molecule has 0 unspecified atom stereocenters. The average molecular weight is 418 g/mol. The van der Waals surface area contributed by atoms with E-state index in [1.165, 1.54) is 5.56 Å². The number of rotatable bonds is 9. The second-order valence-corrected chi connectivity index (χ2v) is 8.08. The molecule has 1 saturated heterocycles. The highest BCUT2D eigenvalue weighted by Crippen LogP contribution is 2.37. The first kappa shape index (κ1) is 21.8. The minimum atomic E-state index is 0.576. The Balaban J connectivity index is 1.73. The van der Waals surface area contributed by atoms with E-state index in [1.807, 2.05) is 19.9 Å². The molecule has 1 aromatic rings. The first-order valence-corrected chi connectivity index (χ1v) is 11.5. The number of thioether (sulfide) groups is 1. The van der Waals surface area contributed by atoms with Crippen molar-refractivity contribution in [3.8, 4) is 17.6 Å². The number of benzene rings is 1. The highest BCUT2D eigenvalue weighted by molar-refractivity contribution is 8.03. The number of ether oxygens (including phenoxy) is 3. The van der Waals surface area contributed by atoms with E-state index < -0.39 is 0 Å². The van der Waals surface area contributed by atoms with Crippen molar-refractivity contribution in [2.75, 3.05) is 58.4 Å². The van der Waals surface area contributed by atoms with Crippen LogP contribution in [0.15, 0.2) is 17.0 Å². The monoisotopic (exact) mass is 417 g/mol. The molecule has 0 aliphatic carbocycles. The van der Waals surface area contributed by atoms with Crippen LogP contribution in [0.3, 0.4) is 0 Å². The summed E-state index contributed by atoms with van der Waals surface area (Å²) in [6.45, 7) is 10.7. The maximum absolute atomic E-state index is 9.81. The van der Waals surface area contributed by atoms with Gasteiger partial charge in [-0.15, -0.1) is 11.8 Å². The summed E-state index contributed by atoms with van der Waals surface area (Å²) >= 11 is 1.64. The zero-order valence-corrected chi connectivity index (χ0v) is 18.3. The maximum Gasteiger partial charge on any atom is 0.161 e. The average Bonchev–Trinajstić information content (AvgIpc) is 2.75. The molecule has 2 aliphatic heterocycles. The zero-order chi connectivity index (χ0) is 20.5. The Morgan fingerprint density at radius 3 is 2.62 bits per heavy atom. The lowest BCUT2D eigenvalue weighted by Gasteiger charge is -2.26. The molecule has 0 aromatic heterocycles. The highest BCUT2D eigenvalue weighted by Gasteiger charge is 2.21. The molecule has 0 bridgehead atoms. The third kappa shape index (κ3) is 5.81. The Hall–Kier alpha value is -1.88. The topological polar surface area (TPSA) is 66.8 Å². The van der Waals surface area contributed by atoms with Crippen molar-refractivity contribution in [3.05, 3.63) is 28.2 Å². The van der Waals surface area contributed by atoms with Crippen LogP contribution < -0.4 is 14.8 Å². The summed E-state index contributed by atoms with van der Waals surface area (Å²) in [7, 11) is 0. The molecule has 1 N–H and O–H groups in total. The van der Waals surface area contributed by atoms with Crippen molar-refractivity contribution in [2.24, 2.45) is 0 Å². The van der Waals surface area contributed by atoms with Gasteiger partial charge in [0.05, 0.1) is 32.1 Å². The Morgan fingerprint density at radius 2 is 1.93 bits per heavy atom. The lowest BCUT2D eigenvalue weighted by atomic mass is 9.97. The molecule has 0 spiro atoms. The standard InChI is InChI=1S/C22H31N3O3S/c1-3-27-19-14-17-6-7-24-22(18(17)15-20(19)28-4-2)21(16-23)29-13-5-8-25-9-11-26-12-10-25/h14-15,24H,3-13H2,1-2H3/b22-21-. The molecule has 7 heteroatoms. The molecule has 2 aliphatic rings. The fourth-order valence-corrected chi connectivity index (χ4v) is 4.51. The summed E-state index contributed by atoms with van der Waals surface area (Å²) in [6.07, 6.45) is 1.97. The number of morpholine rings is 1. The van der Waals surface area contributed by atoms with Gasteiger partial charge in [0.25, 0.3) is 0 Å². The third-order valence-electron chi connectivity index (χ3n) is 5.03. The molecular weight excluding hydrogens is 386 g/mol. The predicted octanol–water partition coefficient (Wildman–Crippen LogP) is 3.28. The fraction of sp³-hybridized carbons (Fsp3) is 0.591. The highest BCUT2D eigenvalue weighted by atomic mass is 32.2. The second-order valence-electron chi connectivity index (χ2n) is 6.97. The quantitative estimate of drug-likeness (QED) is 0.488. The minimum Gasteiger partial charge on any atom is -0.490 e. The summed E-state index contributed by atoms with van der Waals surface area (Å²) in [5.41, 5.74) is 3.18. The van der Waals surface area contributed by atoms with Crippen molar-refractivity contribution in [2.45, 2.75) is 26.7 Å². The van der Waals surface area contributed by atoms with Gasteiger partial charge in [-0.3, -0.25) is 4.90 Å². The van der Waals surface area contributed by atoms with Gasteiger partial charge in [-0.2, -0.15) is 5.26 Å². The van der Waals surface area contributed by atoms with Crippen LogP contribution in [-0.4, -0.2) is 63.3 Å². The minimum absolute atomic E-state index is 0.576. The molecule has 0 atom stereocenters. The van der Waals surface area contributed by atoms with Crippen molar-refractivity contribution >= 4 is 17.5 Å². The van der Waals surface area contributed by atoms with Gasteiger partial charge in [0.15, 0.2) is 11.5 Å². The second kappa shape index (κ2) is 11.3. The molecule has 1 fully saturated rings. The van der Waals surface area contributed by atoms with Crippen LogP contribution in [0.4, 0.5) is 0 Å². The lowest BCUT2D eigenvalue weighted by molar-refractivity contribution is 0.0381.